The average molecular weight is 272 g/mol. The maximum Gasteiger partial charge on any atom is 0.240 e. The van der Waals surface area contributed by atoms with Crippen LogP contribution in [0.1, 0.15) is 25.8 Å². The fraction of sp³-hybridized carbons (Fsp3) is 0.385. The first kappa shape index (κ1) is 12.7. The standard InChI is InChI=1S/C13H16N6O/c1-8(14)13(20)15-10-4-2-9(3-5-10)12-16-17-18-19(12)11-6-7-11/h2-5,8,11H,6-7,14H2,1H3,(H,15,20)/t8-/m0/s1. The summed E-state index contributed by atoms with van der Waals surface area (Å²) in [6.07, 6.45) is 2.25. The Balaban J connectivity index is 1.79. The van der Waals surface area contributed by atoms with Crippen molar-refractivity contribution in [3.63, 3.8) is 0 Å². The number of nitrogens with zero attached hydrogens (tertiary/aromatic N) is 4. The number of rotatable bonds is 4. The molecule has 1 fully saturated rings. The van der Waals surface area contributed by atoms with E-state index in [1.807, 2.05) is 28.9 Å². The number of anilines is 1. The highest BCUT2D eigenvalue weighted by Crippen LogP contribution is 2.36. The van der Waals surface area contributed by atoms with Gasteiger partial charge in [0.05, 0.1) is 12.1 Å². The van der Waals surface area contributed by atoms with Gasteiger partial charge in [0.1, 0.15) is 0 Å². The van der Waals surface area contributed by atoms with Gasteiger partial charge in [-0.05, 0) is 54.5 Å². The van der Waals surface area contributed by atoms with Crippen molar-refractivity contribution < 1.29 is 4.79 Å². The summed E-state index contributed by atoms with van der Waals surface area (Å²) in [5.74, 6) is 0.554. The number of nitrogens with one attached hydrogen (secondary N) is 1. The molecule has 7 heteroatoms. The SMILES string of the molecule is C[C@H](N)C(=O)Nc1ccc(-c2nnnn2C2CC2)cc1. The second-order valence-corrected chi connectivity index (χ2v) is 5.03. The van der Waals surface area contributed by atoms with Crippen LogP contribution in [0.25, 0.3) is 11.4 Å². The van der Waals surface area contributed by atoms with Crippen molar-refractivity contribution in [3.05, 3.63) is 24.3 Å². The Labute approximate surface area is 116 Å². The number of carbonyl (C=O) groups excluding carboxylic acids is 1. The van der Waals surface area contributed by atoms with Gasteiger partial charge in [0.2, 0.25) is 5.91 Å². The van der Waals surface area contributed by atoms with E-state index in [2.05, 4.69) is 20.8 Å². The number of benzene rings is 1. The van der Waals surface area contributed by atoms with E-state index in [9.17, 15) is 4.79 Å². The van der Waals surface area contributed by atoms with Crippen LogP contribution in [0.3, 0.4) is 0 Å². The van der Waals surface area contributed by atoms with Crippen molar-refractivity contribution >= 4 is 11.6 Å². The summed E-state index contributed by atoms with van der Waals surface area (Å²) in [6.45, 7) is 1.65. The maximum absolute atomic E-state index is 11.5. The van der Waals surface area contributed by atoms with Crippen LogP contribution in [0.4, 0.5) is 5.69 Å². The quantitative estimate of drug-likeness (QED) is 0.863. The van der Waals surface area contributed by atoms with Crippen LogP contribution in [0.2, 0.25) is 0 Å². The summed E-state index contributed by atoms with van der Waals surface area (Å²) in [4.78, 5) is 11.5. The fourth-order valence-electron chi connectivity index (χ4n) is 1.91. The molecule has 0 radical (unpaired) electrons. The third-order valence-corrected chi connectivity index (χ3v) is 3.21. The number of carbonyl (C=O) groups is 1. The number of amides is 1. The molecule has 1 aliphatic rings. The highest BCUT2D eigenvalue weighted by Gasteiger charge is 2.28. The lowest BCUT2D eigenvalue weighted by atomic mass is 10.2. The number of nitrogens with two attached hydrogens (primary N) is 1. The number of aromatic nitrogens is 4. The third kappa shape index (κ3) is 2.53. The van der Waals surface area contributed by atoms with Gasteiger partial charge in [-0.2, -0.15) is 0 Å². The second-order valence-electron chi connectivity index (χ2n) is 5.03. The van der Waals surface area contributed by atoms with Crippen LogP contribution < -0.4 is 11.1 Å². The molecule has 1 saturated carbocycles. The fourth-order valence-corrected chi connectivity index (χ4v) is 1.91. The molecule has 1 aliphatic carbocycles. The summed E-state index contributed by atoms with van der Waals surface area (Å²) in [6, 6.07) is 7.32. The zero-order valence-electron chi connectivity index (χ0n) is 11.2. The van der Waals surface area contributed by atoms with E-state index in [1.165, 1.54) is 0 Å². The highest BCUT2D eigenvalue weighted by molar-refractivity contribution is 5.94. The third-order valence-electron chi connectivity index (χ3n) is 3.21. The van der Waals surface area contributed by atoms with Gasteiger partial charge in [0.15, 0.2) is 5.82 Å². The topological polar surface area (TPSA) is 98.7 Å². The summed E-state index contributed by atoms with van der Waals surface area (Å²) < 4.78 is 1.86. The molecule has 0 saturated heterocycles. The van der Waals surface area contributed by atoms with Crippen molar-refractivity contribution in [2.75, 3.05) is 5.32 Å². The minimum Gasteiger partial charge on any atom is -0.325 e. The average Bonchev–Trinajstić information content (AvgIpc) is 3.17. The van der Waals surface area contributed by atoms with Crippen LogP contribution in [0.15, 0.2) is 24.3 Å². The summed E-state index contributed by atoms with van der Waals surface area (Å²) in [5.41, 5.74) is 7.15. The van der Waals surface area contributed by atoms with Crippen molar-refractivity contribution in [2.45, 2.75) is 31.8 Å². The molecule has 1 amide bonds. The van der Waals surface area contributed by atoms with Gasteiger partial charge in [-0.25, -0.2) is 4.68 Å². The van der Waals surface area contributed by atoms with E-state index in [0.717, 1.165) is 24.2 Å². The van der Waals surface area contributed by atoms with Crippen molar-refractivity contribution in [3.8, 4) is 11.4 Å². The Morgan fingerprint density at radius 1 is 1.40 bits per heavy atom. The van der Waals surface area contributed by atoms with E-state index in [1.54, 1.807) is 6.92 Å². The van der Waals surface area contributed by atoms with Gasteiger partial charge >= 0.3 is 0 Å². The number of tetrazole rings is 1. The monoisotopic (exact) mass is 272 g/mol. The Morgan fingerprint density at radius 2 is 2.10 bits per heavy atom. The minimum atomic E-state index is -0.531. The van der Waals surface area contributed by atoms with Gasteiger partial charge in [-0.3, -0.25) is 4.79 Å². The van der Waals surface area contributed by atoms with Crippen LogP contribution in [0, 0.1) is 0 Å². The van der Waals surface area contributed by atoms with Gasteiger partial charge in [-0.15, -0.1) is 5.10 Å². The van der Waals surface area contributed by atoms with E-state index >= 15 is 0 Å². The van der Waals surface area contributed by atoms with Crippen LogP contribution in [-0.4, -0.2) is 32.2 Å². The molecule has 7 nitrogen and oxygen atoms in total. The first-order chi connectivity index (χ1) is 9.65. The molecule has 1 aromatic carbocycles. The molecule has 3 rings (SSSR count). The molecule has 0 unspecified atom stereocenters. The molecule has 1 heterocycles. The molecular weight excluding hydrogens is 256 g/mol. The van der Waals surface area contributed by atoms with Gasteiger partial charge < -0.3 is 11.1 Å². The number of hydrogen-bond acceptors (Lipinski definition) is 5. The molecule has 1 atom stereocenters. The first-order valence-electron chi connectivity index (χ1n) is 6.60. The zero-order chi connectivity index (χ0) is 14.1. The molecule has 20 heavy (non-hydrogen) atoms. The molecule has 0 bridgehead atoms. The summed E-state index contributed by atoms with van der Waals surface area (Å²) >= 11 is 0. The normalized spacial score (nSPS) is 15.9. The van der Waals surface area contributed by atoms with E-state index < -0.39 is 6.04 Å². The first-order valence-corrected chi connectivity index (χ1v) is 6.60. The second kappa shape index (κ2) is 5.01. The predicted molar refractivity (Wildman–Crippen MR) is 73.8 cm³/mol. The maximum atomic E-state index is 11.5. The highest BCUT2D eigenvalue weighted by atomic mass is 16.2. The molecule has 2 aromatic rings. The molecule has 1 aromatic heterocycles. The largest absolute Gasteiger partial charge is 0.325 e. The molecule has 0 spiro atoms. The number of hydrogen-bond donors (Lipinski definition) is 2. The van der Waals surface area contributed by atoms with E-state index in [0.29, 0.717) is 11.7 Å². The predicted octanol–water partition coefficient (Wildman–Crippen LogP) is 0.961. The molecule has 0 aliphatic heterocycles. The van der Waals surface area contributed by atoms with Gasteiger partial charge in [0.25, 0.3) is 0 Å². The van der Waals surface area contributed by atoms with Crippen molar-refractivity contribution in [1.82, 2.24) is 20.2 Å². The smallest absolute Gasteiger partial charge is 0.240 e. The summed E-state index contributed by atoms with van der Waals surface area (Å²) in [5, 5.41) is 14.6. The zero-order valence-corrected chi connectivity index (χ0v) is 11.2. The lowest BCUT2D eigenvalue weighted by Gasteiger charge is -2.08. The Hall–Kier alpha value is -2.28. The van der Waals surface area contributed by atoms with Crippen molar-refractivity contribution in [1.29, 1.82) is 0 Å². The lowest BCUT2D eigenvalue weighted by Crippen LogP contribution is -2.32. The van der Waals surface area contributed by atoms with E-state index in [4.69, 9.17) is 5.73 Å². The Kier molecular flexibility index (Phi) is 3.19. The Bertz CT molecular complexity index is 614. The van der Waals surface area contributed by atoms with Gasteiger partial charge in [0, 0.05) is 11.3 Å². The minimum absolute atomic E-state index is 0.208. The molecule has 104 valence electrons. The van der Waals surface area contributed by atoms with Gasteiger partial charge in [-0.1, -0.05) is 0 Å². The van der Waals surface area contributed by atoms with Crippen molar-refractivity contribution in [2.24, 2.45) is 5.73 Å². The lowest BCUT2D eigenvalue weighted by molar-refractivity contribution is -0.117. The van der Waals surface area contributed by atoms with Crippen LogP contribution in [0.5, 0.6) is 0 Å². The summed E-state index contributed by atoms with van der Waals surface area (Å²) in [7, 11) is 0. The molecular formula is C13H16N6O. The van der Waals surface area contributed by atoms with Crippen LogP contribution in [-0.2, 0) is 4.79 Å². The van der Waals surface area contributed by atoms with E-state index in [-0.39, 0.29) is 5.91 Å². The Morgan fingerprint density at radius 3 is 2.70 bits per heavy atom. The molecule has 3 N–H and O–H groups in total. The van der Waals surface area contributed by atoms with Crippen LogP contribution >= 0.6 is 0 Å².